The minimum Gasteiger partial charge on any atom is -0.394 e. The van der Waals surface area contributed by atoms with E-state index >= 15 is 0 Å². The van der Waals surface area contributed by atoms with Crippen molar-refractivity contribution in [1.29, 1.82) is 0 Å². The van der Waals surface area contributed by atoms with E-state index in [-0.39, 0.29) is 30.8 Å². The first-order valence-corrected chi connectivity index (χ1v) is 5.56. The molecule has 1 saturated heterocycles. The van der Waals surface area contributed by atoms with E-state index in [1.807, 2.05) is 20.8 Å². The summed E-state index contributed by atoms with van der Waals surface area (Å²) in [7, 11) is 0. The Kier molecular flexibility index (Phi) is 4.70. The van der Waals surface area contributed by atoms with Gasteiger partial charge in [-0.2, -0.15) is 0 Å². The van der Waals surface area contributed by atoms with Crippen LogP contribution in [0.2, 0.25) is 0 Å². The molecule has 5 heteroatoms. The fraction of sp³-hybridized carbons (Fsp3) is 0.909. The van der Waals surface area contributed by atoms with E-state index in [1.54, 1.807) is 4.90 Å². The molecule has 1 aliphatic rings. The van der Waals surface area contributed by atoms with E-state index in [9.17, 15) is 4.79 Å². The predicted octanol–water partition coefficient (Wildman–Crippen LogP) is 0.0212. The molecule has 0 radical (unpaired) electrons. The minimum atomic E-state index is -0.307. The van der Waals surface area contributed by atoms with Crippen LogP contribution in [0.4, 0.5) is 0 Å². The number of amides is 1. The second-order valence-corrected chi connectivity index (χ2v) is 4.92. The Hall–Kier alpha value is -0.650. The number of morpholine rings is 1. The van der Waals surface area contributed by atoms with Gasteiger partial charge in [0.1, 0.15) is 6.61 Å². The Bertz CT molecular complexity index is 237. The van der Waals surface area contributed by atoms with Crippen molar-refractivity contribution in [3.63, 3.8) is 0 Å². The number of aliphatic hydroxyl groups excluding tert-OH is 1. The molecule has 16 heavy (non-hydrogen) atoms. The number of rotatable bonds is 3. The van der Waals surface area contributed by atoms with Gasteiger partial charge >= 0.3 is 0 Å². The summed E-state index contributed by atoms with van der Waals surface area (Å²) in [4.78, 5) is 13.4. The fourth-order valence-corrected chi connectivity index (χ4v) is 1.43. The lowest BCUT2D eigenvalue weighted by atomic mass is 10.2. The Morgan fingerprint density at radius 3 is 2.81 bits per heavy atom. The zero-order valence-corrected chi connectivity index (χ0v) is 10.2. The average Bonchev–Trinajstić information content (AvgIpc) is 2.25. The molecule has 1 fully saturated rings. The fourth-order valence-electron chi connectivity index (χ4n) is 1.43. The molecule has 0 aromatic rings. The molecule has 1 atom stereocenters. The maximum Gasteiger partial charge on any atom is 0.248 e. The molecule has 1 heterocycles. The van der Waals surface area contributed by atoms with Crippen molar-refractivity contribution in [3.05, 3.63) is 0 Å². The van der Waals surface area contributed by atoms with Crippen LogP contribution < -0.4 is 0 Å². The standard InChI is InChI=1S/C11H21NO4/c1-11(2,3)16-8-10(14)12-4-5-15-9(6-12)7-13/h9,13H,4-8H2,1-3H3. The van der Waals surface area contributed by atoms with E-state index in [0.717, 1.165) is 0 Å². The van der Waals surface area contributed by atoms with Crippen molar-refractivity contribution >= 4 is 5.91 Å². The van der Waals surface area contributed by atoms with Gasteiger partial charge in [0, 0.05) is 13.1 Å². The quantitative estimate of drug-likeness (QED) is 0.744. The third kappa shape index (κ3) is 4.47. The van der Waals surface area contributed by atoms with Gasteiger partial charge in [0.05, 0.1) is 24.9 Å². The number of nitrogens with zero attached hydrogens (tertiary/aromatic N) is 1. The van der Waals surface area contributed by atoms with Crippen molar-refractivity contribution in [3.8, 4) is 0 Å². The normalized spacial score (nSPS) is 22.2. The molecule has 0 aromatic heterocycles. The molecule has 1 N–H and O–H groups in total. The molecule has 1 aliphatic heterocycles. The van der Waals surface area contributed by atoms with Crippen LogP contribution >= 0.6 is 0 Å². The summed E-state index contributed by atoms with van der Waals surface area (Å²) in [6.07, 6.45) is -0.257. The number of carbonyl (C=O) groups is 1. The zero-order valence-electron chi connectivity index (χ0n) is 10.2. The van der Waals surface area contributed by atoms with Crippen LogP contribution in [0.1, 0.15) is 20.8 Å². The first-order valence-electron chi connectivity index (χ1n) is 5.56. The van der Waals surface area contributed by atoms with Crippen LogP contribution in [-0.4, -0.2) is 60.5 Å². The summed E-state index contributed by atoms with van der Waals surface area (Å²) in [5, 5.41) is 8.96. The van der Waals surface area contributed by atoms with Crippen molar-refractivity contribution in [1.82, 2.24) is 4.90 Å². The highest BCUT2D eigenvalue weighted by Crippen LogP contribution is 2.09. The summed E-state index contributed by atoms with van der Waals surface area (Å²) < 4.78 is 10.7. The van der Waals surface area contributed by atoms with Crippen LogP contribution in [0.5, 0.6) is 0 Å². The van der Waals surface area contributed by atoms with E-state index in [0.29, 0.717) is 19.7 Å². The number of hydrogen-bond donors (Lipinski definition) is 1. The molecular formula is C11H21NO4. The van der Waals surface area contributed by atoms with Crippen molar-refractivity contribution in [2.45, 2.75) is 32.5 Å². The Balaban J connectivity index is 2.36. The summed E-state index contributed by atoms with van der Waals surface area (Å²) in [5.74, 6) is -0.0447. The van der Waals surface area contributed by atoms with Gasteiger partial charge in [-0.3, -0.25) is 4.79 Å². The largest absolute Gasteiger partial charge is 0.394 e. The second kappa shape index (κ2) is 5.61. The van der Waals surface area contributed by atoms with Crippen LogP contribution in [0, 0.1) is 0 Å². The van der Waals surface area contributed by atoms with E-state index in [4.69, 9.17) is 14.6 Å². The molecule has 5 nitrogen and oxygen atoms in total. The van der Waals surface area contributed by atoms with Crippen molar-refractivity contribution < 1.29 is 19.4 Å². The highest BCUT2D eigenvalue weighted by atomic mass is 16.5. The summed E-state index contributed by atoms with van der Waals surface area (Å²) >= 11 is 0. The molecular weight excluding hydrogens is 210 g/mol. The van der Waals surface area contributed by atoms with Crippen molar-refractivity contribution in [2.24, 2.45) is 0 Å². The Labute approximate surface area is 96.3 Å². The maximum atomic E-state index is 11.8. The summed E-state index contributed by atoms with van der Waals surface area (Å²) in [5.41, 5.74) is -0.307. The van der Waals surface area contributed by atoms with Gasteiger partial charge in [0.2, 0.25) is 5.91 Å². The van der Waals surface area contributed by atoms with Gasteiger partial charge < -0.3 is 19.5 Å². The smallest absolute Gasteiger partial charge is 0.248 e. The van der Waals surface area contributed by atoms with Crippen LogP contribution in [0.3, 0.4) is 0 Å². The van der Waals surface area contributed by atoms with Gasteiger partial charge in [-0.25, -0.2) is 0 Å². The lowest BCUT2D eigenvalue weighted by Gasteiger charge is -2.32. The zero-order chi connectivity index (χ0) is 12.2. The molecule has 94 valence electrons. The van der Waals surface area contributed by atoms with Crippen molar-refractivity contribution in [2.75, 3.05) is 32.9 Å². The first-order chi connectivity index (χ1) is 7.42. The molecule has 0 aliphatic carbocycles. The number of hydrogen-bond acceptors (Lipinski definition) is 4. The monoisotopic (exact) mass is 231 g/mol. The third-order valence-electron chi connectivity index (χ3n) is 2.32. The maximum absolute atomic E-state index is 11.8. The average molecular weight is 231 g/mol. The van der Waals surface area contributed by atoms with Crippen LogP contribution in [-0.2, 0) is 14.3 Å². The number of ether oxygens (including phenoxy) is 2. The molecule has 0 aromatic carbocycles. The predicted molar refractivity (Wildman–Crippen MR) is 59.1 cm³/mol. The van der Waals surface area contributed by atoms with E-state index < -0.39 is 0 Å². The van der Waals surface area contributed by atoms with Crippen LogP contribution in [0.15, 0.2) is 0 Å². The van der Waals surface area contributed by atoms with Gasteiger partial charge in [-0.15, -0.1) is 0 Å². The SMILES string of the molecule is CC(C)(C)OCC(=O)N1CCOC(CO)C1. The highest BCUT2D eigenvalue weighted by Gasteiger charge is 2.24. The topological polar surface area (TPSA) is 59.0 Å². The first kappa shape index (κ1) is 13.4. The van der Waals surface area contributed by atoms with Gasteiger partial charge in [-0.1, -0.05) is 0 Å². The summed E-state index contributed by atoms with van der Waals surface area (Å²) in [6.45, 7) is 7.27. The Morgan fingerprint density at radius 1 is 1.56 bits per heavy atom. The number of carbonyl (C=O) groups excluding carboxylic acids is 1. The van der Waals surface area contributed by atoms with Gasteiger partial charge in [0.25, 0.3) is 0 Å². The van der Waals surface area contributed by atoms with E-state index in [1.165, 1.54) is 0 Å². The lowest BCUT2D eigenvalue weighted by molar-refractivity contribution is -0.149. The van der Waals surface area contributed by atoms with Gasteiger partial charge in [-0.05, 0) is 20.8 Å². The van der Waals surface area contributed by atoms with Crippen LogP contribution in [0.25, 0.3) is 0 Å². The summed E-state index contributed by atoms with van der Waals surface area (Å²) in [6, 6.07) is 0. The van der Waals surface area contributed by atoms with E-state index in [2.05, 4.69) is 0 Å². The molecule has 1 rings (SSSR count). The molecule has 1 amide bonds. The van der Waals surface area contributed by atoms with Gasteiger partial charge in [0.15, 0.2) is 0 Å². The molecule has 0 spiro atoms. The molecule has 1 unspecified atom stereocenters. The number of aliphatic hydroxyl groups is 1. The second-order valence-electron chi connectivity index (χ2n) is 4.92. The highest BCUT2D eigenvalue weighted by molar-refractivity contribution is 5.77. The molecule has 0 bridgehead atoms. The Morgan fingerprint density at radius 2 is 2.25 bits per heavy atom. The lowest BCUT2D eigenvalue weighted by Crippen LogP contribution is -2.48. The minimum absolute atomic E-state index is 0.0447. The molecule has 0 saturated carbocycles. The third-order valence-corrected chi connectivity index (χ3v) is 2.32.